The van der Waals surface area contributed by atoms with Crippen LogP contribution in [0.5, 0.6) is 0 Å². The standard InChI is InChI=1S/C18H12F3NO2S/c19-15-13(11-7-3-1-4-8-11)14(12-9-5-2-6-10-12)16(20)18(17(15)21)25(22,23)24/h1-10H,(H2,22,23,24). The van der Waals surface area contributed by atoms with Gasteiger partial charge in [0.25, 0.3) is 0 Å². The van der Waals surface area contributed by atoms with Crippen LogP contribution >= 0.6 is 0 Å². The molecule has 25 heavy (non-hydrogen) atoms. The zero-order chi connectivity index (χ0) is 18.2. The van der Waals surface area contributed by atoms with Gasteiger partial charge in [-0.05, 0) is 11.1 Å². The van der Waals surface area contributed by atoms with Crippen molar-refractivity contribution in [3.05, 3.63) is 78.1 Å². The van der Waals surface area contributed by atoms with Crippen molar-refractivity contribution in [2.75, 3.05) is 0 Å². The van der Waals surface area contributed by atoms with Gasteiger partial charge in [-0.1, -0.05) is 60.7 Å². The van der Waals surface area contributed by atoms with Crippen LogP contribution < -0.4 is 5.14 Å². The Morgan fingerprint density at radius 3 is 1.44 bits per heavy atom. The van der Waals surface area contributed by atoms with E-state index in [4.69, 9.17) is 5.14 Å². The molecular weight excluding hydrogens is 351 g/mol. The fraction of sp³-hybridized carbons (Fsp3) is 0. The Kier molecular flexibility index (Phi) is 4.36. The number of primary sulfonamides is 1. The molecule has 0 unspecified atom stereocenters. The summed E-state index contributed by atoms with van der Waals surface area (Å²) in [6.45, 7) is 0. The number of hydrogen-bond acceptors (Lipinski definition) is 2. The van der Waals surface area contributed by atoms with Crippen LogP contribution in [0.1, 0.15) is 0 Å². The zero-order valence-electron chi connectivity index (χ0n) is 12.7. The van der Waals surface area contributed by atoms with Crippen molar-refractivity contribution in [3.63, 3.8) is 0 Å². The summed E-state index contributed by atoms with van der Waals surface area (Å²) < 4.78 is 67.2. The van der Waals surface area contributed by atoms with Crippen LogP contribution in [0.3, 0.4) is 0 Å². The third-order valence-corrected chi connectivity index (χ3v) is 4.62. The van der Waals surface area contributed by atoms with Gasteiger partial charge in [0, 0.05) is 11.1 Å². The first kappa shape index (κ1) is 17.2. The number of benzene rings is 3. The molecule has 0 aromatic heterocycles. The molecular formula is C18H12F3NO2S. The van der Waals surface area contributed by atoms with Gasteiger partial charge in [0.1, 0.15) is 0 Å². The highest BCUT2D eigenvalue weighted by molar-refractivity contribution is 7.89. The first-order valence-electron chi connectivity index (χ1n) is 7.16. The number of halogens is 3. The van der Waals surface area contributed by atoms with Gasteiger partial charge >= 0.3 is 0 Å². The van der Waals surface area contributed by atoms with Crippen molar-refractivity contribution < 1.29 is 21.6 Å². The Bertz CT molecular complexity index is 1040. The molecule has 3 aromatic carbocycles. The summed E-state index contributed by atoms with van der Waals surface area (Å²) in [5.41, 5.74) is -0.329. The van der Waals surface area contributed by atoms with Crippen LogP contribution in [-0.2, 0) is 10.0 Å². The van der Waals surface area contributed by atoms with Crippen LogP contribution in [0.15, 0.2) is 65.6 Å². The SMILES string of the molecule is NS(=O)(=O)c1c(F)c(F)c(-c2ccccc2)c(-c2ccccc2)c1F. The summed E-state index contributed by atoms with van der Waals surface area (Å²) >= 11 is 0. The van der Waals surface area contributed by atoms with Crippen LogP contribution in [0.25, 0.3) is 22.3 Å². The van der Waals surface area contributed by atoms with Crippen LogP contribution in [0.4, 0.5) is 13.2 Å². The minimum absolute atomic E-state index is 0.197. The second-order valence-corrected chi connectivity index (χ2v) is 6.80. The van der Waals surface area contributed by atoms with Crippen molar-refractivity contribution >= 4 is 10.0 Å². The van der Waals surface area contributed by atoms with Crippen LogP contribution in [0.2, 0.25) is 0 Å². The molecule has 0 heterocycles. The predicted molar refractivity (Wildman–Crippen MR) is 88.6 cm³/mol. The second kappa shape index (κ2) is 6.34. The fourth-order valence-corrected chi connectivity index (χ4v) is 3.33. The number of nitrogens with two attached hydrogens (primary N) is 1. The van der Waals surface area contributed by atoms with Gasteiger partial charge < -0.3 is 0 Å². The van der Waals surface area contributed by atoms with Crippen LogP contribution in [-0.4, -0.2) is 8.42 Å². The third-order valence-electron chi connectivity index (χ3n) is 3.69. The van der Waals surface area contributed by atoms with Gasteiger partial charge in [-0.15, -0.1) is 0 Å². The quantitative estimate of drug-likeness (QED) is 0.713. The molecule has 0 aliphatic heterocycles. The lowest BCUT2D eigenvalue weighted by Crippen LogP contribution is -2.18. The van der Waals surface area contributed by atoms with Gasteiger partial charge in [0.2, 0.25) is 10.0 Å². The molecule has 0 bridgehead atoms. The molecule has 3 rings (SSSR count). The van der Waals surface area contributed by atoms with E-state index in [1.807, 2.05) is 0 Å². The van der Waals surface area contributed by atoms with Gasteiger partial charge in [0.05, 0.1) is 0 Å². The van der Waals surface area contributed by atoms with E-state index in [9.17, 15) is 21.6 Å². The maximum absolute atomic E-state index is 15.0. The highest BCUT2D eigenvalue weighted by Gasteiger charge is 2.31. The Morgan fingerprint density at radius 1 is 0.640 bits per heavy atom. The predicted octanol–water partition coefficient (Wildman–Crippen LogP) is 4.09. The van der Waals surface area contributed by atoms with Crippen molar-refractivity contribution in [1.82, 2.24) is 0 Å². The van der Waals surface area contributed by atoms with E-state index < -0.39 is 32.4 Å². The summed E-state index contributed by atoms with van der Waals surface area (Å²) in [6.07, 6.45) is 0. The molecule has 128 valence electrons. The highest BCUT2D eigenvalue weighted by atomic mass is 32.2. The topological polar surface area (TPSA) is 60.2 Å². The van der Waals surface area contributed by atoms with Gasteiger partial charge in [0.15, 0.2) is 22.3 Å². The number of rotatable bonds is 3. The van der Waals surface area contributed by atoms with Crippen LogP contribution in [0, 0.1) is 17.5 Å². The monoisotopic (exact) mass is 363 g/mol. The maximum Gasteiger partial charge on any atom is 0.244 e. The molecule has 0 saturated heterocycles. The lowest BCUT2D eigenvalue weighted by molar-refractivity contribution is 0.463. The number of hydrogen-bond donors (Lipinski definition) is 1. The lowest BCUT2D eigenvalue weighted by atomic mass is 9.93. The number of sulfonamides is 1. The minimum atomic E-state index is -4.81. The van der Waals surface area contributed by atoms with Gasteiger partial charge in [-0.25, -0.2) is 26.7 Å². The van der Waals surface area contributed by atoms with E-state index in [1.54, 1.807) is 36.4 Å². The van der Waals surface area contributed by atoms with Gasteiger partial charge in [-0.2, -0.15) is 0 Å². The summed E-state index contributed by atoms with van der Waals surface area (Å²) in [4.78, 5) is -1.48. The van der Waals surface area contributed by atoms with E-state index in [2.05, 4.69) is 0 Å². The summed E-state index contributed by atoms with van der Waals surface area (Å²) in [5, 5.41) is 4.89. The Morgan fingerprint density at radius 2 is 1.04 bits per heavy atom. The summed E-state index contributed by atoms with van der Waals surface area (Å²) in [6, 6.07) is 15.5. The molecule has 3 aromatic rings. The average molecular weight is 363 g/mol. The molecule has 0 atom stereocenters. The Balaban J connectivity index is 2.52. The summed E-state index contributed by atoms with van der Waals surface area (Å²) in [7, 11) is -4.81. The zero-order valence-corrected chi connectivity index (χ0v) is 13.5. The Labute approximate surface area is 142 Å². The van der Waals surface area contributed by atoms with Crippen molar-refractivity contribution in [2.45, 2.75) is 4.90 Å². The molecule has 2 N–H and O–H groups in total. The van der Waals surface area contributed by atoms with Crippen molar-refractivity contribution in [3.8, 4) is 22.3 Å². The van der Waals surface area contributed by atoms with E-state index in [0.29, 0.717) is 0 Å². The molecule has 0 spiro atoms. The third kappa shape index (κ3) is 3.04. The van der Waals surface area contributed by atoms with E-state index in [-0.39, 0.29) is 22.3 Å². The largest absolute Gasteiger partial charge is 0.244 e. The van der Waals surface area contributed by atoms with Crippen molar-refractivity contribution in [1.29, 1.82) is 0 Å². The second-order valence-electron chi connectivity index (χ2n) is 5.30. The molecule has 0 aliphatic rings. The summed E-state index contributed by atoms with van der Waals surface area (Å²) in [5.74, 6) is -4.74. The first-order chi connectivity index (χ1) is 11.8. The minimum Gasteiger partial charge on any atom is -0.224 e. The molecule has 0 fully saturated rings. The van der Waals surface area contributed by atoms with E-state index in [1.165, 1.54) is 24.3 Å². The Hall–Kier alpha value is -2.64. The molecule has 3 nitrogen and oxygen atoms in total. The molecule has 0 radical (unpaired) electrons. The molecule has 7 heteroatoms. The molecule has 0 amide bonds. The molecule has 0 aliphatic carbocycles. The highest BCUT2D eigenvalue weighted by Crippen LogP contribution is 2.40. The molecule has 0 saturated carbocycles. The normalized spacial score (nSPS) is 11.5. The first-order valence-corrected chi connectivity index (χ1v) is 8.71. The maximum atomic E-state index is 15.0. The lowest BCUT2D eigenvalue weighted by Gasteiger charge is -2.16. The fourth-order valence-electron chi connectivity index (χ4n) is 2.64. The van der Waals surface area contributed by atoms with Gasteiger partial charge in [-0.3, -0.25) is 0 Å². The van der Waals surface area contributed by atoms with E-state index >= 15 is 0 Å². The van der Waals surface area contributed by atoms with Crippen molar-refractivity contribution in [2.24, 2.45) is 5.14 Å². The average Bonchev–Trinajstić information content (AvgIpc) is 2.58. The van der Waals surface area contributed by atoms with E-state index in [0.717, 1.165) is 0 Å². The smallest absolute Gasteiger partial charge is 0.224 e.